The molecule has 0 saturated carbocycles. The van der Waals surface area contributed by atoms with Crippen molar-refractivity contribution in [2.45, 2.75) is 26.4 Å². The zero-order valence-corrected chi connectivity index (χ0v) is 11.8. The molecule has 0 amide bonds. The number of aromatic nitrogens is 2. The van der Waals surface area contributed by atoms with Gasteiger partial charge in [0.05, 0.1) is 22.8 Å². The van der Waals surface area contributed by atoms with E-state index in [1.807, 2.05) is 30.8 Å². The summed E-state index contributed by atoms with van der Waals surface area (Å²) in [5.41, 5.74) is 1.48. The van der Waals surface area contributed by atoms with Crippen LogP contribution >= 0.6 is 0 Å². The highest BCUT2D eigenvalue weighted by Crippen LogP contribution is 2.25. The quantitative estimate of drug-likeness (QED) is 0.673. The van der Waals surface area contributed by atoms with Gasteiger partial charge in [-0.3, -0.25) is 14.8 Å². The van der Waals surface area contributed by atoms with Gasteiger partial charge in [-0.05, 0) is 26.0 Å². The summed E-state index contributed by atoms with van der Waals surface area (Å²) >= 11 is 0. The Hall–Kier alpha value is -2.88. The summed E-state index contributed by atoms with van der Waals surface area (Å²) in [5.74, 6) is 0. The van der Waals surface area contributed by atoms with Gasteiger partial charge in [-0.25, -0.2) is 0 Å². The van der Waals surface area contributed by atoms with Gasteiger partial charge >= 0.3 is 0 Å². The molecule has 0 bridgehead atoms. The number of rotatable bonds is 5. The van der Waals surface area contributed by atoms with Crippen molar-refractivity contribution in [1.82, 2.24) is 9.78 Å². The molecule has 0 aliphatic carbocycles. The number of anilines is 1. The Bertz CT molecular complexity index is 700. The predicted octanol–water partition coefficient (Wildman–Crippen LogP) is 2.86. The van der Waals surface area contributed by atoms with Crippen molar-refractivity contribution in [3.63, 3.8) is 0 Å². The first-order valence-corrected chi connectivity index (χ1v) is 6.46. The van der Waals surface area contributed by atoms with Crippen LogP contribution in [0.1, 0.15) is 31.0 Å². The number of nitriles is 1. The van der Waals surface area contributed by atoms with Crippen LogP contribution in [-0.2, 0) is 6.54 Å². The summed E-state index contributed by atoms with van der Waals surface area (Å²) in [4.78, 5) is 10.5. The minimum absolute atomic E-state index is 0.106. The van der Waals surface area contributed by atoms with Gasteiger partial charge in [-0.2, -0.15) is 10.4 Å². The second-order valence-corrected chi connectivity index (χ2v) is 4.88. The SMILES string of the molecule is CC(C)n1cc(CNc2ccc(C#N)cc2[N+](=O)[O-])cn1. The molecule has 1 N–H and O–H groups in total. The highest BCUT2D eigenvalue weighted by Gasteiger charge is 2.14. The lowest BCUT2D eigenvalue weighted by atomic mass is 10.2. The molecule has 7 heteroatoms. The van der Waals surface area contributed by atoms with Crippen LogP contribution in [0.25, 0.3) is 0 Å². The molecule has 0 aliphatic rings. The Labute approximate surface area is 122 Å². The smallest absolute Gasteiger partial charge is 0.293 e. The first kappa shape index (κ1) is 14.5. The molecule has 0 aliphatic heterocycles. The molecule has 108 valence electrons. The van der Waals surface area contributed by atoms with Crippen LogP contribution in [0, 0.1) is 21.4 Å². The molecular formula is C14H15N5O2. The minimum Gasteiger partial charge on any atom is -0.375 e. The van der Waals surface area contributed by atoms with E-state index in [-0.39, 0.29) is 17.3 Å². The monoisotopic (exact) mass is 285 g/mol. The van der Waals surface area contributed by atoms with Gasteiger partial charge in [0.15, 0.2) is 0 Å². The molecule has 1 aromatic heterocycles. The second-order valence-electron chi connectivity index (χ2n) is 4.88. The highest BCUT2D eigenvalue weighted by molar-refractivity contribution is 5.64. The first-order valence-electron chi connectivity index (χ1n) is 6.46. The molecule has 2 aromatic rings. The zero-order chi connectivity index (χ0) is 15.4. The number of nitro groups is 1. The van der Waals surface area contributed by atoms with Gasteiger partial charge in [0, 0.05) is 30.4 Å². The number of nitro benzene ring substituents is 1. The third-order valence-electron chi connectivity index (χ3n) is 2.99. The summed E-state index contributed by atoms with van der Waals surface area (Å²) in [6.07, 6.45) is 3.62. The average molecular weight is 285 g/mol. The molecule has 0 atom stereocenters. The van der Waals surface area contributed by atoms with E-state index in [9.17, 15) is 10.1 Å². The second kappa shape index (κ2) is 6.05. The lowest BCUT2D eigenvalue weighted by Gasteiger charge is -2.06. The fourth-order valence-electron chi connectivity index (χ4n) is 1.85. The van der Waals surface area contributed by atoms with Crippen LogP contribution in [-0.4, -0.2) is 14.7 Å². The van der Waals surface area contributed by atoms with Crippen molar-refractivity contribution in [3.8, 4) is 6.07 Å². The average Bonchev–Trinajstić information content (AvgIpc) is 2.94. The van der Waals surface area contributed by atoms with E-state index in [2.05, 4.69) is 10.4 Å². The Kier molecular flexibility index (Phi) is 4.18. The van der Waals surface area contributed by atoms with Gasteiger partial charge in [-0.1, -0.05) is 0 Å². The van der Waals surface area contributed by atoms with Crippen molar-refractivity contribution in [2.24, 2.45) is 0 Å². The van der Waals surface area contributed by atoms with Gasteiger partial charge in [0.1, 0.15) is 5.69 Å². The van der Waals surface area contributed by atoms with Gasteiger partial charge in [-0.15, -0.1) is 0 Å². The lowest BCUT2D eigenvalue weighted by molar-refractivity contribution is -0.384. The number of nitrogens with zero attached hydrogens (tertiary/aromatic N) is 4. The summed E-state index contributed by atoms with van der Waals surface area (Å²) in [5, 5.41) is 27.1. The van der Waals surface area contributed by atoms with E-state index in [4.69, 9.17) is 5.26 Å². The van der Waals surface area contributed by atoms with E-state index in [0.29, 0.717) is 12.2 Å². The van der Waals surface area contributed by atoms with Gasteiger partial charge in [0.25, 0.3) is 5.69 Å². The van der Waals surface area contributed by atoms with Crippen LogP contribution in [0.3, 0.4) is 0 Å². The normalized spacial score (nSPS) is 10.4. The van der Waals surface area contributed by atoms with Crippen molar-refractivity contribution >= 4 is 11.4 Å². The van der Waals surface area contributed by atoms with Gasteiger partial charge < -0.3 is 5.32 Å². The maximum Gasteiger partial charge on any atom is 0.293 e. The summed E-state index contributed by atoms with van der Waals surface area (Å²) < 4.78 is 1.82. The van der Waals surface area contributed by atoms with Crippen LogP contribution in [0.4, 0.5) is 11.4 Å². The van der Waals surface area contributed by atoms with Gasteiger partial charge in [0.2, 0.25) is 0 Å². The van der Waals surface area contributed by atoms with Crippen LogP contribution < -0.4 is 5.32 Å². The Balaban J connectivity index is 2.15. The Morgan fingerprint density at radius 1 is 1.52 bits per heavy atom. The Morgan fingerprint density at radius 2 is 2.29 bits per heavy atom. The molecule has 7 nitrogen and oxygen atoms in total. The molecule has 0 unspecified atom stereocenters. The topological polar surface area (TPSA) is 96.8 Å². The predicted molar refractivity (Wildman–Crippen MR) is 77.8 cm³/mol. The van der Waals surface area contributed by atoms with Crippen LogP contribution in [0.2, 0.25) is 0 Å². The summed E-state index contributed by atoms with van der Waals surface area (Å²) in [7, 11) is 0. The van der Waals surface area contributed by atoms with Crippen molar-refractivity contribution in [1.29, 1.82) is 5.26 Å². The Morgan fingerprint density at radius 3 is 2.86 bits per heavy atom. The third-order valence-corrected chi connectivity index (χ3v) is 2.99. The molecule has 1 aromatic carbocycles. The molecule has 0 saturated heterocycles. The van der Waals surface area contributed by atoms with E-state index >= 15 is 0 Å². The molecule has 0 radical (unpaired) electrons. The lowest BCUT2D eigenvalue weighted by Crippen LogP contribution is -2.03. The largest absolute Gasteiger partial charge is 0.375 e. The molecule has 21 heavy (non-hydrogen) atoms. The number of hydrogen-bond donors (Lipinski definition) is 1. The van der Waals surface area contributed by atoms with E-state index < -0.39 is 4.92 Å². The molecule has 0 fully saturated rings. The van der Waals surface area contributed by atoms with Crippen molar-refractivity contribution in [2.75, 3.05) is 5.32 Å². The van der Waals surface area contributed by atoms with Crippen LogP contribution in [0.15, 0.2) is 30.6 Å². The number of nitrogens with one attached hydrogen (secondary N) is 1. The molecule has 0 spiro atoms. The van der Waals surface area contributed by atoms with E-state index in [0.717, 1.165) is 5.56 Å². The summed E-state index contributed by atoms with van der Waals surface area (Å²) in [6, 6.07) is 6.52. The van der Waals surface area contributed by atoms with Crippen LogP contribution in [0.5, 0.6) is 0 Å². The number of hydrogen-bond acceptors (Lipinski definition) is 5. The maximum absolute atomic E-state index is 11.0. The van der Waals surface area contributed by atoms with Crippen molar-refractivity contribution < 1.29 is 4.92 Å². The first-order chi connectivity index (χ1) is 10.0. The maximum atomic E-state index is 11.0. The zero-order valence-electron chi connectivity index (χ0n) is 11.8. The molecule has 2 rings (SSSR count). The highest BCUT2D eigenvalue weighted by atomic mass is 16.6. The van der Waals surface area contributed by atoms with Crippen molar-refractivity contribution in [3.05, 3.63) is 51.8 Å². The standard InChI is InChI=1S/C14H15N5O2/c1-10(2)18-9-12(8-17-18)7-16-13-4-3-11(6-15)5-14(13)19(20)21/h3-5,8-10,16H,7H2,1-2H3. The van der Waals surface area contributed by atoms with E-state index in [1.165, 1.54) is 6.07 Å². The molecule has 1 heterocycles. The summed E-state index contributed by atoms with van der Waals surface area (Å²) in [6.45, 7) is 4.48. The number of benzene rings is 1. The third kappa shape index (κ3) is 3.36. The minimum atomic E-state index is -0.499. The molecular weight excluding hydrogens is 270 g/mol. The fourth-order valence-corrected chi connectivity index (χ4v) is 1.85. The fraction of sp³-hybridized carbons (Fsp3) is 0.286. The van der Waals surface area contributed by atoms with E-state index in [1.54, 1.807) is 18.3 Å².